The molecule has 0 amide bonds. The molecule has 0 saturated heterocycles. The summed E-state index contributed by atoms with van der Waals surface area (Å²) in [7, 11) is 1.65. The van der Waals surface area contributed by atoms with Gasteiger partial charge < -0.3 is 19.0 Å². The number of aliphatic hydroxyl groups is 1. The van der Waals surface area contributed by atoms with Gasteiger partial charge in [0.1, 0.15) is 5.75 Å². The highest BCUT2D eigenvalue weighted by molar-refractivity contribution is 5.78. The second kappa shape index (κ2) is 8.82. The van der Waals surface area contributed by atoms with Crippen molar-refractivity contribution in [1.82, 2.24) is 9.13 Å². The fraction of sp³-hybridized carbons (Fsp3) is 0.269. The molecule has 31 heavy (non-hydrogen) atoms. The van der Waals surface area contributed by atoms with E-state index >= 15 is 0 Å². The first-order valence-corrected chi connectivity index (χ1v) is 10.6. The average molecular weight is 416 g/mol. The van der Waals surface area contributed by atoms with Crippen LogP contribution in [0.15, 0.2) is 66.7 Å². The van der Waals surface area contributed by atoms with Gasteiger partial charge in [-0.2, -0.15) is 0 Å². The number of fused-ring (bicyclic) bond motifs is 1. The number of aromatic nitrogens is 2. The van der Waals surface area contributed by atoms with Gasteiger partial charge in [-0.05, 0) is 43.5 Å². The number of aliphatic hydroxyl groups excluding tert-OH is 1. The molecule has 0 radical (unpaired) electrons. The Morgan fingerprint density at radius 2 is 1.48 bits per heavy atom. The molecule has 5 nitrogen and oxygen atoms in total. The molecule has 0 fully saturated rings. The van der Waals surface area contributed by atoms with Crippen LogP contribution in [-0.4, -0.2) is 28.0 Å². The van der Waals surface area contributed by atoms with Crippen LogP contribution in [0.5, 0.6) is 5.75 Å². The second-order valence-corrected chi connectivity index (χ2v) is 8.15. The van der Waals surface area contributed by atoms with Crippen LogP contribution >= 0.6 is 0 Å². The Bertz CT molecular complexity index is 1230. The Morgan fingerprint density at radius 1 is 0.871 bits per heavy atom. The van der Waals surface area contributed by atoms with Gasteiger partial charge in [0.15, 0.2) is 0 Å². The number of methoxy groups -OCH3 is 1. The van der Waals surface area contributed by atoms with Crippen molar-refractivity contribution in [2.75, 3.05) is 13.7 Å². The largest absolute Gasteiger partial charge is 0.497 e. The van der Waals surface area contributed by atoms with Crippen molar-refractivity contribution < 1.29 is 9.84 Å². The van der Waals surface area contributed by atoms with E-state index in [1.807, 2.05) is 27.3 Å². The van der Waals surface area contributed by atoms with Crippen molar-refractivity contribution in [2.24, 2.45) is 0 Å². The van der Waals surface area contributed by atoms with E-state index in [0.717, 1.165) is 27.9 Å². The van der Waals surface area contributed by atoms with E-state index in [4.69, 9.17) is 10.1 Å². The molecule has 1 atom stereocenters. The van der Waals surface area contributed by atoms with Gasteiger partial charge in [0.2, 0.25) is 5.62 Å². The topological polar surface area (TPSA) is 63.2 Å². The summed E-state index contributed by atoms with van der Waals surface area (Å²) in [4.78, 5) is 0. The molecule has 0 aliphatic carbocycles. The van der Waals surface area contributed by atoms with E-state index in [2.05, 4.69) is 62.4 Å². The van der Waals surface area contributed by atoms with E-state index in [1.165, 1.54) is 11.1 Å². The van der Waals surface area contributed by atoms with Crippen LogP contribution < -0.4 is 10.4 Å². The minimum atomic E-state index is -0.246. The fourth-order valence-corrected chi connectivity index (χ4v) is 4.05. The van der Waals surface area contributed by atoms with Gasteiger partial charge in [0.05, 0.1) is 37.3 Å². The van der Waals surface area contributed by atoms with Crippen molar-refractivity contribution >= 4 is 11.0 Å². The predicted octanol–water partition coefficient (Wildman–Crippen LogP) is 4.37. The molecule has 2 N–H and O–H groups in total. The molecule has 0 bridgehead atoms. The molecule has 3 aromatic carbocycles. The number of hydrogen-bond donors (Lipinski definition) is 2. The first-order chi connectivity index (χ1) is 15.0. The van der Waals surface area contributed by atoms with Gasteiger partial charge in [-0.3, -0.25) is 5.41 Å². The first kappa shape index (κ1) is 20.9. The molecule has 1 unspecified atom stereocenters. The maximum absolute atomic E-state index is 10.3. The van der Waals surface area contributed by atoms with Gasteiger partial charge in [-0.25, -0.2) is 0 Å². The third-order valence-electron chi connectivity index (χ3n) is 5.85. The third-order valence-corrected chi connectivity index (χ3v) is 5.85. The van der Waals surface area contributed by atoms with Crippen LogP contribution in [0.2, 0.25) is 0 Å². The minimum Gasteiger partial charge on any atom is -0.497 e. The molecule has 5 heteroatoms. The molecule has 1 heterocycles. The van der Waals surface area contributed by atoms with E-state index in [9.17, 15) is 5.11 Å². The van der Waals surface area contributed by atoms with Crippen LogP contribution in [0.3, 0.4) is 0 Å². The number of hydrogen-bond acceptors (Lipinski definition) is 3. The highest BCUT2D eigenvalue weighted by Crippen LogP contribution is 2.25. The summed E-state index contributed by atoms with van der Waals surface area (Å²) in [5, 5.41) is 19.3. The lowest BCUT2D eigenvalue weighted by molar-refractivity contribution is 0.225. The number of aryl methyl sites for hydroxylation is 2. The quantitative estimate of drug-likeness (QED) is 0.471. The van der Waals surface area contributed by atoms with Gasteiger partial charge in [0, 0.05) is 6.07 Å². The van der Waals surface area contributed by atoms with E-state index in [0.29, 0.717) is 18.6 Å². The van der Waals surface area contributed by atoms with Crippen molar-refractivity contribution in [1.29, 1.82) is 5.41 Å². The minimum absolute atomic E-state index is 0.0503. The predicted molar refractivity (Wildman–Crippen MR) is 124 cm³/mol. The van der Waals surface area contributed by atoms with Crippen LogP contribution in [0.25, 0.3) is 11.0 Å². The Balaban J connectivity index is 1.82. The lowest BCUT2D eigenvalue weighted by atomic mass is 10.0. The fourth-order valence-electron chi connectivity index (χ4n) is 4.05. The van der Waals surface area contributed by atoms with Crippen LogP contribution in [-0.2, 0) is 13.0 Å². The van der Waals surface area contributed by atoms with E-state index in [-0.39, 0.29) is 12.6 Å². The zero-order valence-electron chi connectivity index (χ0n) is 18.3. The standard InChI is InChI=1S/C26H29N3O2/c1-18-4-8-20(9-5-18)14-22(17-30)29-25-15-23(31-3)12-13-24(25)28(26(29)27)16-21-10-6-19(2)7-11-21/h4-13,15,22,27,30H,14,16-17H2,1-3H3. The number of ether oxygens (including phenoxy) is 1. The molecule has 0 saturated carbocycles. The Labute approximate surface area is 182 Å². The monoisotopic (exact) mass is 415 g/mol. The van der Waals surface area contributed by atoms with E-state index in [1.54, 1.807) is 7.11 Å². The lowest BCUT2D eigenvalue weighted by Crippen LogP contribution is -2.30. The van der Waals surface area contributed by atoms with Gasteiger partial charge in [0.25, 0.3) is 0 Å². The summed E-state index contributed by atoms with van der Waals surface area (Å²) in [6.45, 7) is 4.68. The second-order valence-electron chi connectivity index (χ2n) is 8.15. The first-order valence-electron chi connectivity index (χ1n) is 10.6. The molecule has 4 aromatic rings. The highest BCUT2D eigenvalue weighted by Gasteiger charge is 2.20. The summed E-state index contributed by atoms with van der Waals surface area (Å²) in [5.74, 6) is 0.737. The van der Waals surface area contributed by atoms with Crippen LogP contribution in [0.1, 0.15) is 28.3 Å². The summed E-state index contributed by atoms with van der Waals surface area (Å²) in [6.07, 6.45) is 0.647. The maximum atomic E-state index is 10.3. The smallest absolute Gasteiger partial charge is 0.203 e. The summed E-state index contributed by atoms with van der Waals surface area (Å²) >= 11 is 0. The number of nitrogens with zero attached hydrogens (tertiary/aromatic N) is 2. The molecule has 0 aliphatic rings. The zero-order chi connectivity index (χ0) is 22.0. The highest BCUT2D eigenvalue weighted by atomic mass is 16.5. The maximum Gasteiger partial charge on any atom is 0.203 e. The number of benzene rings is 3. The van der Waals surface area contributed by atoms with Crippen molar-refractivity contribution in [3.8, 4) is 5.75 Å². The van der Waals surface area contributed by atoms with Gasteiger partial charge in [-0.15, -0.1) is 0 Å². The average Bonchev–Trinajstić information content (AvgIpc) is 3.05. The lowest BCUT2D eigenvalue weighted by Gasteiger charge is -2.18. The molecular weight excluding hydrogens is 386 g/mol. The molecule has 1 aromatic heterocycles. The Hall–Kier alpha value is -3.31. The summed E-state index contributed by atoms with van der Waals surface area (Å²) in [6, 6.07) is 22.4. The number of rotatable bonds is 7. The van der Waals surface area contributed by atoms with E-state index < -0.39 is 0 Å². The van der Waals surface area contributed by atoms with Crippen LogP contribution in [0.4, 0.5) is 0 Å². The molecule has 4 rings (SSSR count). The summed E-state index contributed by atoms with van der Waals surface area (Å²) < 4.78 is 9.39. The van der Waals surface area contributed by atoms with Gasteiger partial charge >= 0.3 is 0 Å². The Morgan fingerprint density at radius 3 is 2.06 bits per heavy atom. The normalized spacial score (nSPS) is 12.3. The SMILES string of the molecule is COc1ccc2c(c1)n(C(CO)Cc1ccc(C)cc1)c(=N)n2Cc1ccc(C)cc1. The van der Waals surface area contributed by atoms with Crippen LogP contribution in [0, 0.1) is 19.3 Å². The number of imidazole rings is 1. The van der Waals surface area contributed by atoms with Gasteiger partial charge in [-0.1, -0.05) is 59.7 Å². The van der Waals surface area contributed by atoms with Crippen molar-refractivity contribution in [3.05, 3.63) is 94.6 Å². The summed E-state index contributed by atoms with van der Waals surface area (Å²) in [5.41, 5.74) is 6.91. The van der Waals surface area contributed by atoms with Crippen molar-refractivity contribution in [3.63, 3.8) is 0 Å². The third kappa shape index (κ3) is 4.28. The molecule has 0 spiro atoms. The zero-order valence-corrected chi connectivity index (χ0v) is 18.3. The Kier molecular flexibility index (Phi) is 5.96. The van der Waals surface area contributed by atoms with Crippen molar-refractivity contribution in [2.45, 2.75) is 32.9 Å². The molecule has 0 aliphatic heterocycles. The molecule has 160 valence electrons. The molecular formula is C26H29N3O2. The number of nitrogens with one attached hydrogen (secondary N) is 1.